The van der Waals surface area contributed by atoms with E-state index in [-0.39, 0.29) is 18.0 Å². The second-order valence-electron chi connectivity index (χ2n) is 8.22. The molecule has 2 aromatic heterocycles. The second kappa shape index (κ2) is 10.2. The van der Waals surface area contributed by atoms with E-state index < -0.39 is 18.5 Å². The number of carbonyl (C=O) groups excluding carboxylic acids is 3. The largest absolute Gasteiger partial charge is 0.463 e. The molecule has 0 bridgehead atoms. The van der Waals surface area contributed by atoms with Gasteiger partial charge in [0, 0.05) is 11.1 Å². The molecule has 0 aliphatic carbocycles. The average Bonchev–Trinajstić information content (AvgIpc) is 3.38. The molecule has 0 atom stereocenters. The summed E-state index contributed by atoms with van der Waals surface area (Å²) in [6, 6.07) is 16.1. The van der Waals surface area contributed by atoms with E-state index >= 15 is 0 Å². The zero-order valence-corrected chi connectivity index (χ0v) is 19.7. The minimum absolute atomic E-state index is 0.246. The van der Waals surface area contributed by atoms with E-state index in [1.807, 2.05) is 39.0 Å². The van der Waals surface area contributed by atoms with Crippen LogP contribution >= 0.6 is 0 Å². The van der Waals surface area contributed by atoms with Crippen molar-refractivity contribution >= 4 is 34.4 Å². The Bertz CT molecular complexity index is 1390. The fourth-order valence-electron chi connectivity index (χ4n) is 3.89. The molecule has 178 valence electrons. The Labute approximate surface area is 202 Å². The van der Waals surface area contributed by atoms with Crippen LogP contribution in [0.4, 0.5) is 5.69 Å². The van der Waals surface area contributed by atoms with Gasteiger partial charge in [-0.05, 0) is 56.2 Å². The Morgan fingerprint density at radius 3 is 2.40 bits per heavy atom. The molecular weight excluding hydrogens is 446 g/mol. The highest BCUT2D eigenvalue weighted by molar-refractivity contribution is 6.05. The third-order valence-corrected chi connectivity index (χ3v) is 5.43. The highest BCUT2D eigenvalue weighted by Crippen LogP contribution is 2.26. The third-order valence-electron chi connectivity index (χ3n) is 5.43. The van der Waals surface area contributed by atoms with Gasteiger partial charge in [-0.1, -0.05) is 35.9 Å². The number of furan rings is 1. The molecule has 8 nitrogen and oxygen atoms in total. The van der Waals surface area contributed by atoms with Crippen molar-refractivity contribution in [1.29, 1.82) is 0 Å². The fourth-order valence-corrected chi connectivity index (χ4v) is 3.89. The van der Waals surface area contributed by atoms with Crippen LogP contribution < -0.4 is 10.6 Å². The van der Waals surface area contributed by atoms with Crippen LogP contribution in [-0.4, -0.2) is 35.9 Å². The number of carbonyl (C=O) groups is 3. The Kier molecular flexibility index (Phi) is 6.91. The van der Waals surface area contributed by atoms with Crippen molar-refractivity contribution in [3.05, 3.63) is 83.1 Å². The van der Waals surface area contributed by atoms with Crippen LogP contribution in [0.15, 0.2) is 65.3 Å². The van der Waals surface area contributed by atoms with Crippen molar-refractivity contribution in [2.24, 2.45) is 0 Å². The predicted octanol–water partition coefficient (Wildman–Crippen LogP) is 4.33. The van der Waals surface area contributed by atoms with Gasteiger partial charge in [0.2, 0.25) is 5.91 Å². The van der Waals surface area contributed by atoms with Gasteiger partial charge in [-0.3, -0.25) is 9.59 Å². The first kappa shape index (κ1) is 23.7. The summed E-state index contributed by atoms with van der Waals surface area (Å²) in [5.74, 6) is -1.13. The van der Waals surface area contributed by atoms with Crippen LogP contribution in [0, 0.1) is 20.8 Å². The minimum atomic E-state index is -0.679. The molecule has 4 aromatic rings. The average molecular weight is 472 g/mol. The molecule has 0 aliphatic heterocycles. The molecule has 2 amide bonds. The number of ether oxygens (including phenoxy) is 1. The molecule has 8 heteroatoms. The number of rotatable bonds is 7. The van der Waals surface area contributed by atoms with Crippen LogP contribution in [0.5, 0.6) is 0 Å². The van der Waals surface area contributed by atoms with Crippen molar-refractivity contribution in [3.63, 3.8) is 0 Å². The number of benzene rings is 2. The van der Waals surface area contributed by atoms with Crippen LogP contribution in [0.3, 0.4) is 0 Å². The molecular formula is C27H25N3O5. The number of esters is 1. The maximum atomic E-state index is 12.8. The van der Waals surface area contributed by atoms with Gasteiger partial charge in [-0.15, -0.1) is 0 Å². The van der Waals surface area contributed by atoms with Crippen molar-refractivity contribution in [2.45, 2.75) is 20.8 Å². The number of anilines is 1. The van der Waals surface area contributed by atoms with Gasteiger partial charge in [-0.25, -0.2) is 9.78 Å². The lowest BCUT2D eigenvalue weighted by Crippen LogP contribution is -2.35. The number of para-hydroxylation sites is 1. The zero-order valence-electron chi connectivity index (χ0n) is 19.7. The predicted molar refractivity (Wildman–Crippen MR) is 132 cm³/mol. The van der Waals surface area contributed by atoms with Crippen LogP contribution in [0.1, 0.15) is 27.0 Å². The second-order valence-corrected chi connectivity index (χ2v) is 8.22. The summed E-state index contributed by atoms with van der Waals surface area (Å²) in [6.07, 6.45) is 1.52. The highest BCUT2D eigenvalue weighted by Gasteiger charge is 2.18. The maximum absolute atomic E-state index is 12.8. The summed E-state index contributed by atoms with van der Waals surface area (Å²) >= 11 is 0. The van der Waals surface area contributed by atoms with Crippen molar-refractivity contribution in [3.8, 4) is 11.5 Å². The topological polar surface area (TPSA) is 111 Å². The molecule has 2 N–H and O–H groups in total. The molecule has 0 fully saturated rings. The van der Waals surface area contributed by atoms with Gasteiger partial charge in [0.25, 0.3) is 5.91 Å². The van der Waals surface area contributed by atoms with Crippen LogP contribution in [0.2, 0.25) is 0 Å². The summed E-state index contributed by atoms with van der Waals surface area (Å²) in [6.45, 7) is 5.03. The number of aryl methyl sites for hydroxylation is 3. The van der Waals surface area contributed by atoms with Gasteiger partial charge >= 0.3 is 5.97 Å². The van der Waals surface area contributed by atoms with E-state index in [0.717, 1.165) is 22.4 Å². The van der Waals surface area contributed by atoms with Crippen LogP contribution in [-0.2, 0) is 14.3 Å². The smallest absolute Gasteiger partial charge is 0.339 e. The van der Waals surface area contributed by atoms with E-state index in [1.165, 1.54) is 6.26 Å². The van der Waals surface area contributed by atoms with Gasteiger partial charge in [0.05, 0.1) is 23.9 Å². The molecule has 0 radical (unpaired) electrons. The molecule has 2 heterocycles. The molecule has 2 aromatic carbocycles. The Hall–Kier alpha value is -4.46. The maximum Gasteiger partial charge on any atom is 0.339 e. The monoisotopic (exact) mass is 471 g/mol. The molecule has 35 heavy (non-hydrogen) atoms. The molecule has 0 aliphatic rings. The Morgan fingerprint density at radius 1 is 0.943 bits per heavy atom. The van der Waals surface area contributed by atoms with Gasteiger partial charge < -0.3 is 19.8 Å². The van der Waals surface area contributed by atoms with E-state index in [4.69, 9.17) is 9.15 Å². The number of aromatic nitrogens is 1. The van der Waals surface area contributed by atoms with E-state index in [9.17, 15) is 14.4 Å². The first-order valence-corrected chi connectivity index (χ1v) is 11.1. The minimum Gasteiger partial charge on any atom is -0.463 e. The first-order valence-electron chi connectivity index (χ1n) is 11.1. The zero-order chi connectivity index (χ0) is 24.9. The lowest BCUT2D eigenvalue weighted by molar-refractivity contribution is -0.126. The number of pyridine rings is 1. The van der Waals surface area contributed by atoms with Gasteiger partial charge in [0.15, 0.2) is 12.4 Å². The quantitative estimate of drug-likeness (QED) is 0.388. The standard InChI is InChI=1S/C27H25N3O5/c1-16-11-17(2)26(18(3)12-16)30-24(31)14-28-25(32)15-35-27(33)20-13-22(23-9-6-10-34-23)29-21-8-5-4-7-19(20)21/h4-13H,14-15H2,1-3H3,(H,28,32)(H,30,31). The van der Waals surface area contributed by atoms with E-state index in [0.29, 0.717) is 22.4 Å². The summed E-state index contributed by atoms with van der Waals surface area (Å²) in [5.41, 5.74) is 5.03. The number of nitrogens with zero attached hydrogens (tertiary/aromatic N) is 1. The lowest BCUT2D eigenvalue weighted by Gasteiger charge is -2.13. The first-order chi connectivity index (χ1) is 16.8. The number of nitrogens with one attached hydrogen (secondary N) is 2. The van der Waals surface area contributed by atoms with E-state index in [1.54, 1.807) is 36.4 Å². The summed E-state index contributed by atoms with van der Waals surface area (Å²) in [7, 11) is 0. The molecule has 0 spiro atoms. The Morgan fingerprint density at radius 2 is 1.69 bits per heavy atom. The SMILES string of the molecule is Cc1cc(C)c(NC(=O)CNC(=O)COC(=O)c2cc(-c3ccco3)nc3ccccc23)c(C)c1. The van der Waals surface area contributed by atoms with Gasteiger partial charge in [-0.2, -0.15) is 0 Å². The molecule has 4 rings (SSSR count). The molecule has 0 saturated carbocycles. The van der Waals surface area contributed by atoms with Gasteiger partial charge in [0.1, 0.15) is 5.69 Å². The van der Waals surface area contributed by atoms with Crippen LogP contribution in [0.25, 0.3) is 22.4 Å². The highest BCUT2D eigenvalue weighted by atomic mass is 16.5. The lowest BCUT2D eigenvalue weighted by atomic mass is 10.1. The number of hydrogen-bond donors (Lipinski definition) is 2. The fraction of sp³-hybridized carbons (Fsp3) is 0.185. The number of amides is 2. The Balaban J connectivity index is 1.37. The van der Waals surface area contributed by atoms with Crippen molar-refractivity contribution < 1.29 is 23.5 Å². The normalized spacial score (nSPS) is 10.7. The van der Waals surface area contributed by atoms with Crippen molar-refractivity contribution in [2.75, 3.05) is 18.5 Å². The van der Waals surface area contributed by atoms with E-state index in [2.05, 4.69) is 15.6 Å². The number of fused-ring (bicyclic) bond motifs is 1. The molecule has 0 saturated heterocycles. The summed E-state index contributed by atoms with van der Waals surface area (Å²) < 4.78 is 10.6. The summed E-state index contributed by atoms with van der Waals surface area (Å²) in [5, 5.41) is 5.88. The molecule has 0 unspecified atom stereocenters. The summed E-state index contributed by atoms with van der Waals surface area (Å²) in [4.78, 5) is 41.9. The van der Waals surface area contributed by atoms with Crippen molar-refractivity contribution in [1.82, 2.24) is 10.3 Å². The number of hydrogen-bond acceptors (Lipinski definition) is 6. The third kappa shape index (κ3) is 5.55.